The fourth-order valence-corrected chi connectivity index (χ4v) is 2.60. The fourth-order valence-electron chi connectivity index (χ4n) is 2.60. The van der Waals surface area contributed by atoms with E-state index in [0.29, 0.717) is 11.7 Å². The van der Waals surface area contributed by atoms with Gasteiger partial charge in [-0.2, -0.15) is 0 Å². The van der Waals surface area contributed by atoms with Crippen molar-refractivity contribution in [3.8, 4) is 0 Å². The van der Waals surface area contributed by atoms with Gasteiger partial charge in [-0.3, -0.25) is 0 Å². The van der Waals surface area contributed by atoms with E-state index in [2.05, 4.69) is 36.1 Å². The van der Waals surface area contributed by atoms with E-state index in [1.54, 1.807) is 0 Å². The van der Waals surface area contributed by atoms with Gasteiger partial charge in [-0.1, -0.05) is 33.6 Å². The Morgan fingerprint density at radius 3 is 2.78 bits per heavy atom. The highest BCUT2D eigenvalue weighted by atomic mass is 15.1. The van der Waals surface area contributed by atoms with Gasteiger partial charge < -0.3 is 11.1 Å². The predicted molar refractivity (Wildman–Crippen MR) is 75.5 cm³/mol. The summed E-state index contributed by atoms with van der Waals surface area (Å²) in [5.74, 6) is 4.13. The highest BCUT2D eigenvalue weighted by molar-refractivity contribution is 5.44. The number of nitrogen functional groups attached to an aromatic ring is 1. The molecule has 1 aromatic heterocycles. The second-order valence-electron chi connectivity index (χ2n) is 5.74. The van der Waals surface area contributed by atoms with E-state index in [9.17, 15) is 0 Å². The maximum atomic E-state index is 5.82. The largest absolute Gasteiger partial charge is 0.384 e. The van der Waals surface area contributed by atoms with Gasteiger partial charge in [0.2, 0.25) is 0 Å². The molecule has 3 N–H and O–H groups in total. The quantitative estimate of drug-likeness (QED) is 0.859. The number of hydrogen-bond acceptors (Lipinski definition) is 4. The number of nitrogens with one attached hydrogen (secondary N) is 1. The Kier molecular flexibility index (Phi) is 4.04. The van der Waals surface area contributed by atoms with Gasteiger partial charge in [0.1, 0.15) is 17.5 Å². The van der Waals surface area contributed by atoms with Gasteiger partial charge in [-0.15, -0.1) is 0 Å². The molecule has 2 atom stereocenters. The van der Waals surface area contributed by atoms with Gasteiger partial charge in [0, 0.05) is 18.5 Å². The van der Waals surface area contributed by atoms with Crippen LogP contribution in [0.1, 0.15) is 51.8 Å². The van der Waals surface area contributed by atoms with E-state index >= 15 is 0 Å². The summed E-state index contributed by atoms with van der Waals surface area (Å²) in [4.78, 5) is 8.77. The van der Waals surface area contributed by atoms with Crippen LogP contribution < -0.4 is 11.1 Å². The molecular formula is C14H24N4. The van der Waals surface area contributed by atoms with Gasteiger partial charge in [0.05, 0.1) is 0 Å². The maximum absolute atomic E-state index is 5.82. The number of aromatic nitrogens is 2. The molecule has 2 rings (SSSR count). The van der Waals surface area contributed by atoms with Crippen LogP contribution in [0.5, 0.6) is 0 Å². The number of rotatable bonds is 4. The third kappa shape index (κ3) is 3.12. The molecule has 1 aromatic rings. The van der Waals surface area contributed by atoms with E-state index in [-0.39, 0.29) is 0 Å². The smallest absolute Gasteiger partial charge is 0.135 e. The Balaban J connectivity index is 2.00. The Bertz CT molecular complexity index is 403. The van der Waals surface area contributed by atoms with Gasteiger partial charge in [-0.25, -0.2) is 9.97 Å². The summed E-state index contributed by atoms with van der Waals surface area (Å²) >= 11 is 0. The molecular weight excluding hydrogens is 224 g/mol. The zero-order valence-corrected chi connectivity index (χ0v) is 11.6. The molecule has 1 aliphatic carbocycles. The van der Waals surface area contributed by atoms with Crippen LogP contribution in [-0.4, -0.2) is 16.5 Å². The lowest BCUT2D eigenvalue weighted by Crippen LogP contribution is -2.18. The standard InChI is InChI=1S/C14H24N4/c1-9(2)14-17-12(15)7-13(18-14)16-8-11-6-4-5-10(11)3/h7,9-11H,4-6,8H2,1-3H3,(H3,15,16,17,18). The minimum Gasteiger partial charge on any atom is -0.384 e. The first-order chi connectivity index (χ1) is 8.56. The van der Waals surface area contributed by atoms with Crippen molar-refractivity contribution >= 4 is 11.6 Å². The number of nitrogens with zero attached hydrogens (tertiary/aromatic N) is 2. The zero-order valence-electron chi connectivity index (χ0n) is 11.6. The van der Waals surface area contributed by atoms with Gasteiger partial charge in [0.15, 0.2) is 0 Å². The highest BCUT2D eigenvalue weighted by Gasteiger charge is 2.23. The molecule has 1 saturated carbocycles. The van der Waals surface area contributed by atoms with Crippen LogP contribution in [0.4, 0.5) is 11.6 Å². The first kappa shape index (κ1) is 13.1. The molecule has 18 heavy (non-hydrogen) atoms. The molecule has 0 spiro atoms. The SMILES string of the molecule is CC(C)c1nc(N)cc(NCC2CCCC2C)n1. The Labute approximate surface area is 109 Å². The van der Waals surface area contributed by atoms with Crippen LogP contribution in [0.2, 0.25) is 0 Å². The number of nitrogens with two attached hydrogens (primary N) is 1. The normalized spacial score (nSPS) is 23.6. The first-order valence-corrected chi connectivity index (χ1v) is 6.94. The predicted octanol–water partition coefficient (Wildman–Crippen LogP) is 3.03. The molecule has 100 valence electrons. The molecule has 0 aliphatic heterocycles. The van der Waals surface area contributed by atoms with Crippen molar-refractivity contribution in [2.24, 2.45) is 11.8 Å². The van der Waals surface area contributed by atoms with E-state index < -0.39 is 0 Å². The van der Waals surface area contributed by atoms with E-state index in [0.717, 1.165) is 30.0 Å². The lowest BCUT2D eigenvalue weighted by molar-refractivity contribution is 0.439. The van der Waals surface area contributed by atoms with Crippen molar-refractivity contribution < 1.29 is 0 Å². The molecule has 4 heteroatoms. The second-order valence-corrected chi connectivity index (χ2v) is 5.74. The van der Waals surface area contributed by atoms with Gasteiger partial charge in [0.25, 0.3) is 0 Å². The van der Waals surface area contributed by atoms with Crippen molar-refractivity contribution in [1.29, 1.82) is 0 Å². The molecule has 2 unspecified atom stereocenters. The molecule has 0 radical (unpaired) electrons. The summed E-state index contributed by atoms with van der Waals surface area (Å²) in [6.45, 7) is 7.50. The maximum Gasteiger partial charge on any atom is 0.135 e. The number of hydrogen-bond donors (Lipinski definition) is 2. The van der Waals surface area contributed by atoms with Crippen LogP contribution in [0.3, 0.4) is 0 Å². The van der Waals surface area contributed by atoms with Crippen LogP contribution in [0, 0.1) is 11.8 Å². The van der Waals surface area contributed by atoms with Crippen molar-refractivity contribution in [1.82, 2.24) is 9.97 Å². The number of anilines is 2. The molecule has 1 aliphatic rings. The monoisotopic (exact) mass is 248 g/mol. The minimum absolute atomic E-state index is 0.305. The first-order valence-electron chi connectivity index (χ1n) is 6.94. The third-order valence-electron chi connectivity index (χ3n) is 3.86. The van der Waals surface area contributed by atoms with Crippen LogP contribution >= 0.6 is 0 Å². The summed E-state index contributed by atoms with van der Waals surface area (Å²) in [6.07, 6.45) is 4.04. The Morgan fingerprint density at radius 1 is 1.39 bits per heavy atom. The van der Waals surface area contributed by atoms with E-state index in [1.165, 1.54) is 19.3 Å². The lowest BCUT2D eigenvalue weighted by atomic mass is 9.98. The fraction of sp³-hybridized carbons (Fsp3) is 0.714. The van der Waals surface area contributed by atoms with E-state index in [4.69, 9.17) is 5.73 Å². The minimum atomic E-state index is 0.305. The average Bonchev–Trinajstić information content (AvgIpc) is 2.71. The average molecular weight is 248 g/mol. The summed E-state index contributed by atoms with van der Waals surface area (Å²) in [6, 6.07) is 1.82. The van der Waals surface area contributed by atoms with Crippen molar-refractivity contribution in [2.75, 3.05) is 17.6 Å². The van der Waals surface area contributed by atoms with Crippen LogP contribution in [0.15, 0.2) is 6.07 Å². The summed E-state index contributed by atoms with van der Waals surface area (Å²) < 4.78 is 0. The lowest BCUT2D eigenvalue weighted by Gasteiger charge is -2.17. The van der Waals surface area contributed by atoms with Gasteiger partial charge in [-0.05, 0) is 18.3 Å². The summed E-state index contributed by atoms with van der Waals surface area (Å²) in [5, 5.41) is 3.42. The molecule has 0 aromatic carbocycles. The van der Waals surface area contributed by atoms with E-state index in [1.807, 2.05) is 6.07 Å². The molecule has 0 amide bonds. The van der Waals surface area contributed by atoms with Crippen molar-refractivity contribution in [3.63, 3.8) is 0 Å². The molecule has 1 heterocycles. The third-order valence-corrected chi connectivity index (χ3v) is 3.86. The second kappa shape index (κ2) is 5.55. The molecule has 4 nitrogen and oxygen atoms in total. The molecule has 1 fully saturated rings. The molecule has 0 bridgehead atoms. The van der Waals surface area contributed by atoms with Crippen LogP contribution in [0.25, 0.3) is 0 Å². The van der Waals surface area contributed by atoms with Crippen molar-refractivity contribution in [2.45, 2.75) is 46.0 Å². The Hall–Kier alpha value is -1.32. The Morgan fingerprint density at radius 2 is 2.17 bits per heavy atom. The zero-order chi connectivity index (χ0) is 13.1. The highest BCUT2D eigenvalue weighted by Crippen LogP contribution is 2.31. The van der Waals surface area contributed by atoms with Crippen LogP contribution in [-0.2, 0) is 0 Å². The molecule has 0 saturated heterocycles. The summed E-state index contributed by atoms with van der Waals surface area (Å²) in [7, 11) is 0. The summed E-state index contributed by atoms with van der Waals surface area (Å²) in [5.41, 5.74) is 5.82. The van der Waals surface area contributed by atoms with Crippen molar-refractivity contribution in [3.05, 3.63) is 11.9 Å². The topological polar surface area (TPSA) is 63.8 Å². The van der Waals surface area contributed by atoms with Gasteiger partial charge >= 0.3 is 0 Å².